The summed E-state index contributed by atoms with van der Waals surface area (Å²) in [4.78, 5) is 46.6. The van der Waals surface area contributed by atoms with Crippen molar-refractivity contribution in [3.8, 4) is 11.4 Å². The zero-order chi connectivity index (χ0) is 37.6. The molecule has 0 bridgehead atoms. The molecule has 2 heterocycles. The summed E-state index contributed by atoms with van der Waals surface area (Å²) in [6, 6.07) is 25.9. The SMILES string of the molecule is Cc1[n-]n(-c2ccccc2)c(=O)c1N=Nc1cc(S(=O)(=O)[O-])ccc1C(=O)[O-].Cc1[n-]n(-c2ccccc2)c(=O)c1N=Nc1ccccc1C(=O)[O-].[Cr+3]. The van der Waals surface area contributed by atoms with Crippen molar-refractivity contribution in [3.63, 3.8) is 0 Å². The number of aromatic nitrogens is 4. The largest absolute Gasteiger partial charge is 3.00 e. The maximum Gasteiger partial charge on any atom is 3.00 e. The van der Waals surface area contributed by atoms with E-state index in [2.05, 4.69) is 30.7 Å². The second-order valence-electron chi connectivity index (χ2n) is 10.6. The van der Waals surface area contributed by atoms with Gasteiger partial charge in [-0.1, -0.05) is 68.4 Å². The smallest absolute Gasteiger partial charge is 0.744 e. The molecule has 0 aliphatic carbocycles. The summed E-state index contributed by atoms with van der Waals surface area (Å²) in [5.41, 5.74) is -0.308. The van der Waals surface area contributed by atoms with Crippen molar-refractivity contribution < 1.29 is 50.1 Å². The average Bonchev–Trinajstić information content (AvgIpc) is 3.58. The molecule has 6 rings (SSSR count). The molecule has 0 unspecified atom stereocenters. The molecule has 0 fully saturated rings. The Hall–Kier alpha value is -6.52. The molecule has 0 aliphatic rings. The van der Waals surface area contributed by atoms with Crippen LogP contribution in [0.2, 0.25) is 0 Å². The maximum absolute atomic E-state index is 12.5. The summed E-state index contributed by atoms with van der Waals surface area (Å²) in [5, 5.41) is 45.7. The monoisotopic (exact) mass is 771 g/mol. The van der Waals surface area contributed by atoms with Crippen LogP contribution in [0.25, 0.3) is 11.4 Å². The summed E-state index contributed by atoms with van der Waals surface area (Å²) in [7, 11) is -4.84. The number of hydrogen-bond donors (Lipinski definition) is 0. The van der Waals surface area contributed by atoms with Gasteiger partial charge in [0, 0.05) is 22.5 Å². The number of para-hydroxylation sites is 2. The van der Waals surface area contributed by atoms with Crippen LogP contribution in [0.4, 0.5) is 22.7 Å². The van der Waals surface area contributed by atoms with E-state index in [9.17, 15) is 42.4 Å². The molecule has 1 radical (unpaired) electrons. The number of carboxylic acids is 2. The third kappa shape index (κ3) is 9.05. The van der Waals surface area contributed by atoms with Crippen molar-refractivity contribution in [1.82, 2.24) is 19.6 Å². The van der Waals surface area contributed by atoms with E-state index in [0.29, 0.717) is 17.1 Å². The van der Waals surface area contributed by atoms with Crippen molar-refractivity contribution in [2.45, 2.75) is 18.7 Å². The van der Waals surface area contributed by atoms with Crippen LogP contribution in [0.3, 0.4) is 0 Å². The normalized spacial score (nSPS) is 11.2. The van der Waals surface area contributed by atoms with Gasteiger partial charge < -0.3 is 43.9 Å². The molecular weight excluding hydrogens is 748 g/mol. The van der Waals surface area contributed by atoms with Gasteiger partial charge in [0.05, 0.1) is 28.2 Å². The Morgan fingerprint density at radius 1 is 0.604 bits per heavy atom. The fourth-order valence-corrected chi connectivity index (χ4v) is 5.07. The second-order valence-corrected chi connectivity index (χ2v) is 12.0. The van der Waals surface area contributed by atoms with E-state index < -0.39 is 49.3 Å². The van der Waals surface area contributed by atoms with Crippen LogP contribution in [0, 0.1) is 13.8 Å². The molecule has 2 aromatic heterocycles. The summed E-state index contributed by atoms with van der Waals surface area (Å²) in [6.07, 6.45) is 0. The van der Waals surface area contributed by atoms with Gasteiger partial charge in [0.1, 0.15) is 21.5 Å². The van der Waals surface area contributed by atoms with Crippen LogP contribution >= 0.6 is 0 Å². The number of aryl methyl sites for hydroxylation is 2. The molecule has 0 aliphatic heterocycles. The van der Waals surface area contributed by atoms with Crippen molar-refractivity contribution in [2.24, 2.45) is 20.5 Å². The molecule has 6 aromatic rings. The Labute approximate surface area is 310 Å². The Morgan fingerprint density at radius 2 is 1.02 bits per heavy atom. The predicted molar refractivity (Wildman–Crippen MR) is 178 cm³/mol. The maximum atomic E-state index is 12.5. The minimum atomic E-state index is -4.84. The van der Waals surface area contributed by atoms with Gasteiger partial charge in [0.15, 0.2) is 0 Å². The Kier molecular flexibility index (Phi) is 12.3. The first-order valence-corrected chi connectivity index (χ1v) is 16.3. The number of benzene rings is 4. The number of nitrogens with zero attached hydrogens (tertiary/aromatic N) is 8. The van der Waals surface area contributed by atoms with Crippen LogP contribution in [0.5, 0.6) is 0 Å². The third-order valence-corrected chi connectivity index (χ3v) is 7.93. The van der Waals surface area contributed by atoms with Crippen molar-refractivity contribution in [2.75, 3.05) is 0 Å². The first-order valence-electron chi connectivity index (χ1n) is 14.9. The first kappa shape index (κ1) is 39.3. The molecule has 0 spiro atoms. The molecule has 19 heteroatoms. The van der Waals surface area contributed by atoms with Gasteiger partial charge in [-0.05, 0) is 48.5 Å². The first-order chi connectivity index (χ1) is 24.8. The number of hydrogen-bond acceptors (Lipinski definition) is 13. The molecule has 0 saturated heterocycles. The molecule has 17 nitrogen and oxygen atoms in total. The summed E-state index contributed by atoms with van der Waals surface area (Å²) in [6.45, 7) is 3.15. The Bertz CT molecular complexity index is 2580. The number of carboxylic acid groups (broad SMARTS) is 2. The fourth-order valence-electron chi connectivity index (χ4n) is 4.58. The molecule has 4 aromatic carbocycles. The molecule has 0 saturated carbocycles. The molecule has 53 heavy (non-hydrogen) atoms. The van der Waals surface area contributed by atoms with Gasteiger partial charge in [0.2, 0.25) is 0 Å². The van der Waals surface area contributed by atoms with Gasteiger partial charge in [-0.3, -0.25) is 9.59 Å². The zero-order valence-electron chi connectivity index (χ0n) is 27.4. The van der Waals surface area contributed by atoms with Crippen LogP contribution in [0.15, 0.2) is 138 Å². The number of carbonyl (C=O) groups is 2. The van der Waals surface area contributed by atoms with E-state index in [1.54, 1.807) is 73.7 Å². The van der Waals surface area contributed by atoms with Crippen LogP contribution in [-0.4, -0.2) is 34.3 Å². The minimum Gasteiger partial charge on any atom is -0.744 e. The average molecular weight is 772 g/mol. The van der Waals surface area contributed by atoms with Gasteiger partial charge in [0.25, 0.3) is 11.1 Å². The van der Waals surface area contributed by atoms with Gasteiger partial charge in [-0.15, -0.1) is 31.8 Å². The second kappa shape index (κ2) is 16.7. The number of carbonyl (C=O) groups excluding carboxylic acids is 2. The summed E-state index contributed by atoms with van der Waals surface area (Å²) in [5.74, 6) is -3.01. The standard InChI is InChI=1S/C17H14N4O6S.C17H14N4O3.Cr/c1-10-15(16(22)21(20-10)11-5-3-2-4-6-11)19-18-14-9-12(28(25,26)27)7-8-13(14)17(23)24;1-11-15(16(22)21(20-11)12-7-3-2-4-8-12)19-18-14-10-6-5-9-13(14)17(23)24;/h2-9H,1H3,(H3,18,20,22,23,24,25,26,27);2-10H,1H3,(H2,18,20,22,23,24);/q;;+3/p-5. The van der Waals surface area contributed by atoms with E-state index in [-0.39, 0.29) is 45.7 Å². The number of aromatic carboxylic acids is 2. The Morgan fingerprint density at radius 3 is 1.47 bits per heavy atom. The van der Waals surface area contributed by atoms with Gasteiger partial charge in [-0.25, -0.2) is 8.42 Å². The van der Waals surface area contributed by atoms with Crippen molar-refractivity contribution >= 4 is 44.8 Å². The fraction of sp³-hybridized carbons (Fsp3) is 0.0588. The third-order valence-electron chi connectivity index (χ3n) is 7.09. The molecule has 0 amide bonds. The van der Waals surface area contributed by atoms with Crippen molar-refractivity contribution in [3.05, 3.63) is 146 Å². The van der Waals surface area contributed by atoms with Gasteiger partial charge >= 0.3 is 17.4 Å². The van der Waals surface area contributed by atoms with Crippen LogP contribution < -0.4 is 31.5 Å². The predicted octanol–water partition coefficient (Wildman–Crippen LogP) is 2.67. The van der Waals surface area contributed by atoms with E-state index >= 15 is 0 Å². The Balaban J connectivity index is 0.000000235. The van der Waals surface area contributed by atoms with E-state index in [0.717, 1.165) is 22.9 Å². The van der Waals surface area contributed by atoms with Crippen LogP contribution in [0.1, 0.15) is 32.1 Å². The van der Waals surface area contributed by atoms with E-state index in [1.165, 1.54) is 23.7 Å². The molecule has 267 valence electrons. The summed E-state index contributed by atoms with van der Waals surface area (Å²) >= 11 is 0. The van der Waals surface area contributed by atoms with E-state index in [4.69, 9.17) is 0 Å². The topological polar surface area (TPSA) is 259 Å². The van der Waals surface area contributed by atoms with Crippen LogP contribution in [-0.2, 0) is 27.5 Å². The molecular formula is C34H23CrN8O9S-2. The molecule has 0 N–H and O–H groups in total. The number of rotatable bonds is 9. The van der Waals surface area contributed by atoms with Crippen molar-refractivity contribution in [1.29, 1.82) is 0 Å². The van der Waals surface area contributed by atoms with Gasteiger partial charge in [-0.2, -0.15) is 0 Å². The van der Waals surface area contributed by atoms with E-state index in [1.807, 2.05) is 6.07 Å². The molecule has 0 atom stereocenters. The quantitative estimate of drug-likeness (QED) is 0.152. The number of azo groups is 2. The zero-order valence-corrected chi connectivity index (χ0v) is 29.5. The summed E-state index contributed by atoms with van der Waals surface area (Å²) < 4.78 is 35.8. The minimum absolute atomic E-state index is 0.